The number of nitrogens with two attached hydrogens (primary N) is 1. The summed E-state index contributed by atoms with van der Waals surface area (Å²) in [5.41, 5.74) is 5.48. The second-order valence-electron chi connectivity index (χ2n) is 6.93. The predicted molar refractivity (Wildman–Crippen MR) is 76.8 cm³/mol. The zero-order valence-corrected chi connectivity index (χ0v) is 12.3. The van der Waals surface area contributed by atoms with Crippen molar-refractivity contribution in [2.75, 3.05) is 6.54 Å². The molecule has 112 valence electrons. The first-order chi connectivity index (χ1) is 9.68. The number of rotatable bonds is 2. The molecule has 2 saturated carbocycles. The number of nitrogens with zero attached hydrogens (tertiary/aromatic N) is 1. The molecule has 0 aromatic carbocycles. The fourth-order valence-corrected chi connectivity index (χ4v) is 4.58. The van der Waals surface area contributed by atoms with Crippen molar-refractivity contribution in [2.24, 2.45) is 17.1 Å². The van der Waals surface area contributed by atoms with E-state index < -0.39 is 0 Å². The SMILES string of the molecule is NCC1CCCC1N1C(=O)CC2(CCCCCC2)C1=O. The van der Waals surface area contributed by atoms with E-state index in [1.165, 1.54) is 12.8 Å². The summed E-state index contributed by atoms with van der Waals surface area (Å²) in [6, 6.07) is 0.0858. The van der Waals surface area contributed by atoms with E-state index in [0.717, 1.165) is 44.9 Å². The third kappa shape index (κ3) is 2.18. The van der Waals surface area contributed by atoms with Crippen LogP contribution in [0.15, 0.2) is 0 Å². The van der Waals surface area contributed by atoms with Gasteiger partial charge in [-0.25, -0.2) is 0 Å². The maximum Gasteiger partial charge on any atom is 0.236 e. The molecule has 1 spiro atoms. The van der Waals surface area contributed by atoms with Gasteiger partial charge in [-0.05, 0) is 38.1 Å². The Balaban J connectivity index is 1.82. The smallest absolute Gasteiger partial charge is 0.236 e. The summed E-state index contributed by atoms with van der Waals surface area (Å²) >= 11 is 0. The molecule has 2 amide bonds. The van der Waals surface area contributed by atoms with E-state index in [1.54, 1.807) is 4.90 Å². The second-order valence-corrected chi connectivity index (χ2v) is 6.93. The first-order valence-corrected chi connectivity index (χ1v) is 8.24. The Bertz CT molecular complexity index is 399. The average molecular weight is 278 g/mol. The standard InChI is InChI=1S/C16H26N2O2/c17-11-12-6-5-7-13(12)18-14(19)10-16(15(18)20)8-3-1-2-4-9-16/h12-13H,1-11,17H2. The van der Waals surface area contributed by atoms with Gasteiger partial charge in [-0.15, -0.1) is 0 Å². The highest BCUT2D eigenvalue weighted by Gasteiger charge is 2.54. The Morgan fingerprint density at radius 1 is 1.05 bits per heavy atom. The van der Waals surface area contributed by atoms with Gasteiger partial charge in [0, 0.05) is 12.5 Å². The molecule has 3 aliphatic rings. The van der Waals surface area contributed by atoms with Crippen LogP contribution in [0.25, 0.3) is 0 Å². The van der Waals surface area contributed by atoms with Crippen molar-refractivity contribution < 1.29 is 9.59 Å². The molecule has 20 heavy (non-hydrogen) atoms. The number of imide groups is 1. The molecule has 2 atom stereocenters. The van der Waals surface area contributed by atoms with Gasteiger partial charge in [0.25, 0.3) is 0 Å². The highest BCUT2D eigenvalue weighted by molar-refractivity contribution is 6.06. The molecule has 4 heteroatoms. The predicted octanol–water partition coefficient (Wildman–Crippen LogP) is 2.21. The maximum absolute atomic E-state index is 13.0. The first kappa shape index (κ1) is 14.1. The lowest BCUT2D eigenvalue weighted by Gasteiger charge is -2.30. The Morgan fingerprint density at radius 3 is 2.40 bits per heavy atom. The third-order valence-corrected chi connectivity index (χ3v) is 5.74. The van der Waals surface area contributed by atoms with E-state index in [-0.39, 0.29) is 23.3 Å². The molecule has 1 heterocycles. The van der Waals surface area contributed by atoms with Crippen LogP contribution in [0, 0.1) is 11.3 Å². The molecule has 0 aromatic heterocycles. The summed E-state index contributed by atoms with van der Waals surface area (Å²) in [5.74, 6) is 0.529. The maximum atomic E-state index is 13.0. The molecular weight excluding hydrogens is 252 g/mol. The van der Waals surface area contributed by atoms with Gasteiger partial charge in [0.05, 0.1) is 5.41 Å². The van der Waals surface area contributed by atoms with Crippen LogP contribution in [0.1, 0.15) is 64.2 Å². The van der Waals surface area contributed by atoms with Crippen molar-refractivity contribution in [3.63, 3.8) is 0 Å². The molecule has 0 aromatic rings. The molecule has 0 bridgehead atoms. The minimum absolute atomic E-state index is 0.0715. The van der Waals surface area contributed by atoms with Gasteiger partial charge in [0.2, 0.25) is 11.8 Å². The van der Waals surface area contributed by atoms with Crippen LogP contribution >= 0.6 is 0 Å². The summed E-state index contributed by atoms with van der Waals surface area (Å²) in [6.45, 7) is 0.592. The van der Waals surface area contributed by atoms with Gasteiger partial charge in [-0.1, -0.05) is 32.1 Å². The molecule has 3 rings (SSSR count). The van der Waals surface area contributed by atoms with Gasteiger partial charge < -0.3 is 5.73 Å². The van der Waals surface area contributed by atoms with E-state index in [9.17, 15) is 9.59 Å². The lowest BCUT2D eigenvalue weighted by atomic mass is 9.79. The van der Waals surface area contributed by atoms with E-state index in [4.69, 9.17) is 5.73 Å². The molecule has 2 unspecified atom stereocenters. The number of hydrogen-bond donors (Lipinski definition) is 1. The number of likely N-dealkylation sites (tertiary alicyclic amines) is 1. The monoisotopic (exact) mass is 278 g/mol. The minimum Gasteiger partial charge on any atom is -0.330 e. The normalized spacial score (nSPS) is 34.0. The largest absolute Gasteiger partial charge is 0.330 e. The molecule has 2 aliphatic carbocycles. The van der Waals surface area contributed by atoms with Crippen LogP contribution in [0.3, 0.4) is 0 Å². The van der Waals surface area contributed by atoms with E-state index >= 15 is 0 Å². The Kier molecular flexibility index (Phi) is 3.85. The quantitative estimate of drug-likeness (QED) is 0.788. The van der Waals surface area contributed by atoms with Crippen LogP contribution in [-0.2, 0) is 9.59 Å². The van der Waals surface area contributed by atoms with Crippen molar-refractivity contribution in [3.05, 3.63) is 0 Å². The molecule has 1 aliphatic heterocycles. The van der Waals surface area contributed by atoms with Gasteiger partial charge in [0.15, 0.2) is 0 Å². The van der Waals surface area contributed by atoms with Crippen molar-refractivity contribution in [2.45, 2.75) is 70.3 Å². The summed E-state index contributed by atoms with van der Waals surface area (Å²) in [7, 11) is 0. The molecule has 3 fully saturated rings. The first-order valence-electron chi connectivity index (χ1n) is 8.24. The van der Waals surface area contributed by atoms with E-state index in [1.807, 2.05) is 0 Å². The molecule has 2 N–H and O–H groups in total. The highest BCUT2D eigenvalue weighted by Crippen LogP contribution is 2.46. The summed E-state index contributed by atoms with van der Waals surface area (Å²) < 4.78 is 0. The van der Waals surface area contributed by atoms with Gasteiger partial charge >= 0.3 is 0 Å². The van der Waals surface area contributed by atoms with Crippen molar-refractivity contribution in [1.29, 1.82) is 0 Å². The van der Waals surface area contributed by atoms with Crippen LogP contribution in [0.2, 0.25) is 0 Å². The van der Waals surface area contributed by atoms with Crippen LogP contribution < -0.4 is 5.73 Å². The number of carbonyl (C=O) groups excluding carboxylic acids is 2. The fraction of sp³-hybridized carbons (Fsp3) is 0.875. The Labute approximate surface area is 121 Å². The summed E-state index contributed by atoms with van der Waals surface area (Å²) in [5, 5.41) is 0. The average Bonchev–Trinajstić information content (AvgIpc) is 2.88. The van der Waals surface area contributed by atoms with Gasteiger partial charge in [-0.2, -0.15) is 0 Å². The van der Waals surface area contributed by atoms with Crippen LogP contribution in [0.4, 0.5) is 0 Å². The van der Waals surface area contributed by atoms with Crippen molar-refractivity contribution in [3.8, 4) is 0 Å². The summed E-state index contributed by atoms with van der Waals surface area (Å²) in [4.78, 5) is 27.1. The van der Waals surface area contributed by atoms with E-state index in [2.05, 4.69) is 0 Å². The summed E-state index contributed by atoms with van der Waals surface area (Å²) in [6.07, 6.45) is 9.99. The lowest BCUT2D eigenvalue weighted by Crippen LogP contribution is -2.45. The fourth-order valence-electron chi connectivity index (χ4n) is 4.58. The number of carbonyl (C=O) groups is 2. The molecule has 0 radical (unpaired) electrons. The zero-order valence-electron chi connectivity index (χ0n) is 12.3. The highest BCUT2D eigenvalue weighted by atomic mass is 16.2. The third-order valence-electron chi connectivity index (χ3n) is 5.74. The van der Waals surface area contributed by atoms with Crippen molar-refractivity contribution in [1.82, 2.24) is 4.90 Å². The zero-order chi connectivity index (χ0) is 14.2. The van der Waals surface area contributed by atoms with E-state index in [0.29, 0.717) is 18.9 Å². The van der Waals surface area contributed by atoms with Gasteiger partial charge in [-0.3, -0.25) is 14.5 Å². The molecule has 4 nitrogen and oxygen atoms in total. The lowest BCUT2D eigenvalue weighted by molar-refractivity contribution is -0.145. The van der Waals surface area contributed by atoms with Crippen molar-refractivity contribution >= 4 is 11.8 Å². The Morgan fingerprint density at radius 2 is 1.75 bits per heavy atom. The molecular formula is C16H26N2O2. The Hall–Kier alpha value is -0.900. The minimum atomic E-state index is -0.352. The topological polar surface area (TPSA) is 63.4 Å². The van der Waals surface area contributed by atoms with Gasteiger partial charge in [0.1, 0.15) is 0 Å². The van der Waals surface area contributed by atoms with Crippen LogP contribution in [0.5, 0.6) is 0 Å². The number of hydrogen-bond acceptors (Lipinski definition) is 3. The number of amides is 2. The van der Waals surface area contributed by atoms with Crippen LogP contribution in [-0.4, -0.2) is 29.3 Å². The molecule has 1 saturated heterocycles. The second kappa shape index (κ2) is 5.47.